The van der Waals surface area contributed by atoms with Crippen molar-refractivity contribution in [2.24, 2.45) is 0 Å². The molecule has 1 N–H and O–H groups in total. The molecular formula is C10H8ClFINO2. The Morgan fingerprint density at radius 3 is 2.88 bits per heavy atom. The predicted octanol–water partition coefficient (Wildman–Crippen LogP) is 2.93. The Balaban J connectivity index is 3.13. The third kappa shape index (κ3) is 3.34. The van der Waals surface area contributed by atoms with Crippen LogP contribution in [-0.2, 0) is 9.53 Å². The lowest BCUT2D eigenvalue weighted by Crippen LogP contribution is -2.12. The van der Waals surface area contributed by atoms with Gasteiger partial charge < -0.3 is 8.27 Å². The summed E-state index contributed by atoms with van der Waals surface area (Å²) in [5.41, 5.74) is 0.362. The molecule has 0 aliphatic heterocycles. The van der Waals surface area contributed by atoms with Gasteiger partial charge in [0.05, 0.1) is 30.0 Å². The van der Waals surface area contributed by atoms with Gasteiger partial charge in [0.1, 0.15) is 11.5 Å². The topological polar surface area (TPSA) is 38.3 Å². The van der Waals surface area contributed by atoms with Crippen LogP contribution in [0.5, 0.6) is 0 Å². The fourth-order valence-corrected chi connectivity index (χ4v) is 1.57. The van der Waals surface area contributed by atoms with E-state index in [1.807, 2.05) is 0 Å². The quantitative estimate of drug-likeness (QED) is 0.392. The van der Waals surface area contributed by atoms with Gasteiger partial charge in [0.25, 0.3) is 0 Å². The van der Waals surface area contributed by atoms with Crippen molar-refractivity contribution in [3.8, 4) is 0 Å². The maximum atomic E-state index is 13.3. The molecule has 0 spiro atoms. The Labute approximate surface area is 111 Å². The lowest BCUT2D eigenvalue weighted by atomic mass is 10.2. The van der Waals surface area contributed by atoms with Crippen LogP contribution in [0.3, 0.4) is 0 Å². The van der Waals surface area contributed by atoms with Crippen LogP contribution in [0.4, 0.5) is 4.39 Å². The number of carbonyl (C=O) groups is 1. The highest BCUT2D eigenvalue weighted by atomic mass is 127. The molecule has 1 aromatic rings. The van der Waals surface area contributed by atoms with E-state index >= 15 is 0 Å². The van der Waals surface area contributed by atoms with Crippen LogP contribution in [0.2, 0.25) is 5.02 Å². The van der Waals surface area contributed by atoms with Gasteiger partial charge in [0.15, 0.2) is 0 Å². The number of rotatable bonds is 3. The summed E-state index contributed by atoms with van der Waals surface area (Å²) in [6.45, 7) is 0. The van der Waals surface area contributed by atoms with E-state index in [-0.39, 0.29) is 11.3 Å². The molecule has 0 aromatic heterocycles. The SMILES string of the molecule is COC(=O)/C(=C/c1cc(Cl)ccc1F)NI. The number of esters is 1. The Hall–Kier alpha value is -0.820. The molecule has 0 atom stereocenters. The van der Waals surface area contributed by atoms with E-state index in [4.69, 9.17) is 11.6 Å². The van der Waals surface area contributed by atoms with Crippen LogP contribution >= 0.6 is 34.5 Å². The van der Waals surface area contributed by atoms with Gasteiger partial charge >= 0.3 is 5.97 Å². The Bertz CT molecular complexity index is 437. The third-order valence-corrected chi connectivity index (χ3v) is 2.58. The van der Waals surface area contributed by atoms with Crippen molar-refractivity contribution in [3.05, 3.63) is 40.3 Å². The molecule has 0 radical (unpaired) electrons. The minimum absolute atomic E-state index is 0.143. The molecule has 3 nitrogen and oxygen atoms in total. The molecule has 1 aromatic carbocycles. The minimum Gasteiger partial charge on any atom is -0.464 e. The summed E-state index contributed by atoms with van der Waals surface area (Å²) < 4.78 is 20.5. The largest absolute Gasteiger partial charge is 0.464 e. The number of ether oxygens (including phenoxy) is 1. The van der Waals surface area contributed by atoms with Gasteiger partial charge in [0.2, 0.25) is 0 Å². The van der Waals surface area contributed by atoms with Gasteiger partial charge in [-0.3, -0.25) is 0 Å². The van der Waals surface area contributed by atoms with Gasteiger partial charge in [-0.05, 0) is 24.3 Å². The number of hydrogen-bond acceptors (Lipinski definition) is 3. The number of methoxy groups -OCH3 is 1. The fourth-order valence-electron chi connectivity index (χ4n) is 1.02. The highest BCUT2D eigenvalue weighted by molar-refractivity contribution is 14.1. The first-order chi connectivity index (χ1) is 7.58. The van der Waals surface area contributed by atoms with Crippen LogP contribution in [0, 0.1) is 5.82 Å². The average Bonchev–Trinajstić information content (AvgIpc) is 2.29. The molecule has 0 unspecified atom stereocenters. The van der Waals surface area contributed by atoms with E-state index in [0.717, 1.165) is 0 Å². The standard InChI is InChI=1S/C10H8ClFINO2/c1-16-10(15)9(14-13)5-6-4-7(11)2-3-8(6)12/h2-5,14H,1H3/b9-5-. The molecule has 0 aliphatic rings. The van der Waals surface area contributed by atoms with E-state index in [1.54, 1.807) is 22.9 Å². The molecular weight excluding hydrogens is 347 g/mol. The highest BCUT2D eigenvalue weighted by Gasteiger charge is 2.09. The maximum absolute atomic E-state index is 13.3. The van der Waals surface area contributed by atoms with Gasteiger partial charge in [-0.15, -0.1) is 0 Å². The van der Waals surface area contributed by atoms with Crippen LogP contribution in [-0.4, -0.2) is 13.1 Å². The Morgan fingerprint density at radius 1 is 1.62 bits per heavy atom. The summed E-state index contributed by atoms with van der Waals surface area (Å²) in [7, 11) is 1.25. The predicted molar refractivity (Wildman–Crippen MR) is 68.6 cm³/mol. The second kappa shape index (κ2) is 6.05. The zero-order valence-electron chi connectivity index (χ0n) is 8.26. The zero-order chi connectivity index (χ0) is 12.1. The first kappa shape index (κ1) is 13.2. The van der Waals surface area contributed by atoms with Gasteiger partial charge in [-0.1, -0.05) is 11.6 Å². The number of hydrogen-bond donors (Lipinski definition) is 1. The fraction of sp³-hybridized carbons (Fsp3) is 0.100. The highest BCUT2D eigenvalue weighted by Crippen LogP contribution is 2.17. The zero-order valence-corrected chi connectivity index (χ0v) is 11.2. The van der Waals surface area contributed by atoms with Crippen molar-refractivity contribution in [1.29, 1.82) is 0 Å². The molecule has 0 bridgehead atoms. The van der Waals surface area contributed by atoms with Gasteiger partial charge in [-0.2, -0.15) is 0 Å². The normalized spacial score (nSPS) is 11.1. The van der Waals surface area contributed by atoms with Crippen LogP contribution in [0.15, 0.2) is 23.9 Å². The smallest absolute Gasteiger partial charge is 0.354 e. The van der Waals surface area contributed by atoms with Crippen LogP contribution in [0.25, 0.3) is 6.08 Å². The van der Waals surface area contributed by atoms with Crippen molar-refractivity contribution in [3.63, 3.8) is 0 Å². The molecule has 86 valence electrons. The molecule has 1 rings (SSSR count). The maximum Gasteiger partial charge on any atom is 0.354 e. The lowest BCUT2D eigenvalue weighted by molar-refractivity contribution is -0.136. The Kier molecular flexibility index (Phi) is 5.01. The summed E-state index contributed by atoms with van der Waals surface area (Å²) in [5, 5.41) is 0.394. The van der Waals surface area contributed by atoms with E-state index in [0.29, 0.717) is 5.02 Å². The molecule has 16 heavy (non-hydrogen) atoms. The molecule has 0 saturated carbocycles. The molecule has 0 heterocycles. The molecule has 0 aliphatic carbocycles. The first-order valence-corrected chi connectivity index (χ1v) is 5.66. The van der Waals surface area contributed by atoms with Crippen LogP contribution in [0.1, 0.15) is 5.56 Å². The molecule has 0 saturated heterocycles. The lowest BCUT2D eigenvalue weighted by Gasteiger charge is -2.04. The summed E-state index contributed by atoms with van der Waals surface area (Å²) in [6, 6.07) is 4.09. The number of carbonyl (C=O) groups excluding carboxylic acids is 1. The minimum atomic E-state index is -0.575. The van der Waals surface area contributed by atoms with Gasteiger partial charge in [-0.25, -0.2) is 9.18 Å². The van der Waals surface area contributed by atoms with Crippen molar-refractivity contribution in [2.45, 2.75) is 0 Å². The van der Waals surface area contributed by atoms with Crippen molar-refractivity contribution < 1.29 is 13.9 Å². The van der Waals surface area contributed by atoms with E-state index in [9.17, 15) is 9.18 Å². The van der Waals surface area contributed by atoms with Gasteiger partial charge in [0, 0.05) is 10.6 Å². The number of halogens is 3. The second-order valence-electron chi connectivity index (χ2n) is 2.81. The summed E-state index contributed by atoms with van der Waals surface area (Å²) >= 11 is 7.48. The van der Waals surface area contributed by atoms with E-state index in [1.165, 1.54) is 31.4 Å². The summed E-state index contributed by atoms with van der Waals surface area (Å²) in [5.74, 6) is -1.04. The first-order valence-electron chi connectivity index (χ1n) is 4.20. The monoisotopic (exact) mass is 355 g/mol. The summed E-state index contributed by atoms with van der Waals surface area (Å²) in [4.78, 5) is 11.2. The van der Waals surface area contributed by atoms with E-state index in [2.05, 4.69) is 8.27 Å². The number of nitrogens with one attached hydrogen (secondary N) is 1. The van der Waals surface area contributed by atoms with E-state index < -0.39 is 11.8 Å². The average molecular weight is 356 g/mol. The molecule has 0 amide bonds. The van der Waals surface area contributed by atoms with Crippen molar-refractivity contribution in [1.82, 2.24) is 3.53 Å². The van der Waals surface area contributed by atoms with Crippen molar-refractivity contribution in [2.75, 3.05) is 7.11 Å². The van der Waals surface area contributed by atoms with Crippen LogP contribution < -0.4 is 3.53 Å². The Morgan fingerprint density at radius 2 is 2.31 bits per heavy atom. The van der Waals surface area contributed by atoms with Crippen molar-refractivity contribution >= 4 is 46.5 Å². The third-order valence-electron chi connectivity index (χ3n) is 1.76. The molecule has 6 heteroatoms. The second-order valence-corrected chi connectivity index (χ2v) is 3.79. The summed E-state index contributed by atoms with van der Waals surface area (Å²) in [6.07, 6.45) is 1.33. The number of benzene rings is 1. The molecule has 0 fully saturated rings.